The van der Waals surface area contributed by atoms with E-state index in [2.05, 4.69) is 5.32 Å². The van der Waals surface area contributed by atoms with Crippen molar-refractivity contribution in [2.45, 2.75) is 57.8 Å². The lowest BCUT2D eigenvalue weighted by molar-refractivity contribution is -0.130. The molecule has 1 saturated carbocycles. The molecule has 0 radical (unpaired) electrons. The second-order valence-electron chi connectivity index (χ2n) is 7.30. The molecule has 0 saturated heterocycles. The van der Waals surface area contributed by atoms with Gasteiger partial charge in [-0.05, 0) is 55.5 Å². The summed E-state index contributed by atoms with van der Waals surface area (Å²) in [6, 6.07) is 14.4. The predicted molar refractivity (Wildman–Crippen MR) is 100 cm³/mol. The molecule has 3 rings (SSSR count). The summed E-state index contributed by atoms with van der Waals surface area (Å²) in [7, 11) is 0. The molecule has 1 fully saturated rings. The van der Waals surface area contributed by atoms with Crippen LogP contribution in [0.5, 0.6) is 0 Å². The van der Waals surface area contributed by atoms with Crippen LogP contribution in [-0.2, 0) is 28.1 Å². The smallest absolute Gasteiger partial charge is 0.230 e. The van der Waals surface area contributed by atoms with Crippen LogP contribution >= 0.6 is 0 Å². The summed E-state index contributed by atoms with van der Waals surface area (Å²) in [6.45, 7) is 5.12. The van der Waals surface area contributed by atoms with Crippen molar-refractivity contribution < 1.29 is 13.9 Å². The summed E-state index contributed by atoms with van der Waals surface area (Å²) in [5.41, 5.74) is 2.58. The Balaban J connectivity index is 1.60. The third-order valence-corrected chi connectivity index (χ3v) is 5.10. The third kappa shape index (κ3) is 4.13. The van der Waals surface area contributed by atoms with Crippen molar-refractivity contribution >= 4 is 5.91 Å². The number of carbonyl (C=O) groups excluding carboxylic acids is 1. The first-order chi connectivity index (χ1) is 12.5. The maximum atomic E-state index is 13.2. The largest absolute Gasteiger partial charge is 0.374 e. The molecule has 0 aliphatic heterocycles. The molecule has 26 heavy (non-hydrogen) atoms. The van der Waals surface area contributed by atoms with E-state index in [9.17, 15) is 9.18 Å². The Morgan fingerprint density at radius 3 is 2.23 bits per heavy atom. The molecule has 1 amide bonds. The topological polar surface area (TPSA) is 38.3 Å². The van der Waals surface area contributed by atoms with E-state index >= 15 is 0 Å². The van der Waals surface area contributed by atoms with Gasteiger partial charge in [-0.3, -0.25) is 4.79 Å². The first-order valence-corrected chi connectivity index (χ1v) is 9.23. The zero-order valence-electron chi connectivity index (χ0n) is 15.4. The zero-order valence-corrected chi connectivity index (χ0v) is 15.4. The number of hydrogen-bond donors (Lipinski definition) is 1. The van der Waals surface area contributed by atoms with E-state index in [1.165, 1.54) is 12.1 Å². The van der Waals surface area contributed by atoms with Gasteiger partial charge in [0, 0.05) is 6.54 Å². The van der Waals surface area contributed by atoms with E-state index in [-0.39, 0.29) is 17.8 Å². The van der Waals surface area contributed by atoms with Gasteiger partial charge in [0.2, 0.25) is 5.91 Å². The van der Waals surface area contributed by atoms with Gasteiger partial charge in [0.05, 0.1) is 18.1 Å². The molecule has 1 N–H and O–H groups in total. The second kappa shape index (κ2) is 8.00. The zero-order chi connectivity index (χ0) is 18.6. The van der Waals surface area contributed by atoms with Crippen LogP contribution in [0.3, 0.4) is 0 Å². The molecular formula is C22H26FNO2. The van der Waals surface area contributed by atoms with Crippen LogP contribution in [0.1, 0.15) is 49.8 Å². The number of carbonyl (C=O) groups is 1. The average Bonchev–Trinajstić information content (AvgIpc) is 2.59. The molecule has 1 aliphatic carbocycles. The van der Waals surface area contributed by atoms with Crippen LogP contribution in [0.2, 0.25) is 0 Å². The van der Waals surface area contributed by atoms with Gasteiger partial charge in [-0.25, -0.2) is 4.39 Å². The number of halogens is 1. The second-order valence-corrected chi connectivity index (χ2v) is 7.30. The van der Waals surface area contributed by atoms with Crippen molar-refractivity contribution in [2.24, 2.45) is 0 Å². The lowest BCUT2D eigenvalue weighted by atomic mass is 9.64. The molecule has 2 aromatic rings. The summed E-state index contributed by atoms with van der Waals surface area (Å²) in [5, 5.41) is 3.06. The maximum Gasteiger partial charge on any atom is 0.230 e. The van der Waals surface area contributed by atoms with E-state index in [1.807, 2.05) is 38.1 Å². The number of rotatable bonds is 7. The lowest BCUT2D eigenvalue weighted by Crippen LogP contribution is -2.49. The standard InChI is InChI=1S/C22H26FNO2/c1-16(2)26-15-18-6-4-17(5-7-18)14-24-21(25)22(12-3-13-22)19-8-10-20(23)11-9-19/h4-11,16H,3,12-15H2,1-2H3,(H,24,25). The summed E-state index contributed by atoms with van der Waals surface area (Å²) in [6.07, 6.45) is 2.86. The molecular weight excluding hydrogens is 329 g/mol. The predicted octanol–water partition coefficient (Wildman–Crippen LogP) is 4.49. The summed E-state index contributed by atoms with van der Waals surface area (Å²) >= 11 is 0. The van der Waals surface area contributed by atoms with Crippen LogP contribution < -0.4 is 5.32 Å². The van der Waals surface area contributed by atoms with E-state index in [0.29, 0.717) is 13.2 Å². The van der Waals surface area contributed by atoms with Gasteiger partial charge < -0.3 is 10.1 Å². The van der Waals surface area contributed by atoms with Crippen molar-refractivity contribution in [1.82, 2.24) is 5.32 Å². The van der Waals surface area contributed by atoms with Crippen molar-refractivity contribution in [3.05, 3.63) is 71.0 Å². The average molecular weight is 355 g/mol. The Morgan fingerprint density at radius 1 is 1.08 bits per heavy atom. The van der Waals surface area contributed by atoms with Gasteiger partial charge in [0.1, 0.15) is 5.82 Å². The van der Waals surface area contributed by atoms with Crippen LogP contribution in [0.25, 0.3) is 0 Å². The van der Waals surface area contributed by atoms with Gasteiger partial charge in [-0.1, -0.05) is 42.8 Å². The fourth-order valence-electron chi connectivity index (χ4n) is 3.31. The van der Waals surface area contributed by atoms with Gasteiger partial charge in [0.15, 0.2) is 0 Å². The Labute approximate surface area is 154 Å². The van der Waals surface area contributed by atoms with Crippen molar-refractivity contribution in [2.75, 3.05) is 0 Å². The molecule has 4 heteroatoms. The van der Waals surface area contributed by atoms with Crippen molar-refractivity contribution in [1.29, 1.82) is 0 Å². The monoisotopic (exact) mass is 355 g/mol. The fraction of sp³-hybridized carbons (Fsp3) is 0.409. The molecule has 0 unspecified atom stereocenters. The minimum absolute atomic E-state index is 0.0302. The van der Waals surface area contributed by atoms with Crippen LogP contribution in [0.4, 0.5) is 4.39 Å². The summed E-state index contributed by atoms with van der Waals surface area (Å²) in [4.78, 5) is 12.8. The normalized spacial score (nSPS) is 15.5. The molecule has 0 atom stereocenters. The number of amides is 1. The highest BCUT2D eigenvalue weighted by atomic mass is 19.1. The van der Waals surface area contributed by atoms with E-state index in [1.54, 1.807) is 12.1 Å². The van der Waals surface area contributed by atoms with E-state index in [0.717, 1.165) is 36.0 Å². The molecule has 1 aliphatic rings. The number of benzene rings is 2. The minimum Gasteiger partial charge on any atom is -0.374 e. The Morgan fingerprint density at radius 2 is 1.69 bits per heavy atom. The Hall–Kier alpha value is -2.20. The van der Waals surface area contributed by atoms with Gasteiger partial charge in [-0.2, -0.15) is 0 Å². The number of hydrogen-bond acceptors (Lipinski definition) is 2. The first-order valence-electron chi connectivity index (χ1n) is 9.23. The minimum atomic E-state index is -0.501. The Kier molecular flexibility index (Phi) is 5.72. The molecule has 0 aromatic heterocycles. The van der Waals surface area contributed by atoms with Gasteiger partial charge in [0.25, 0.3) is 0 Å². The number of nitrogens with one attached hydrogen (secondary N) is 1. The van der Waals surface area contributed by atoms with E-state index < -0.39 is 5.41 Å². The van der Waals surface area contributed by atoms with Crippen LogP contribution in [0, 0.1) is 5.82 Å². The third-order valence-electron chi connectivity index (χ3n) is 5.10. The molecule has 0 spiro atoms. The highest BCUT2D eigenvalue weighted by Crippen LogP contribution is 2.44. The van der Waals surface area contributed by atoms with Gasteiger partial charge >= 0.3 is 0 Å². The maximum absolute atomic E-state index is 13.2. The molecule has 0 heterocycles. The van der Waals surface area contributed by atoms with Gasteiger partial charge in [-0.15, -0.1) is 0 Å². The summed E-state index contributed by atoms with van der Waals surface area (Å²) in [5.74, 6) is -0.243. The highest BCUT2D eigenvalue weighted by molar-refractivity contribution is 5.89. The van der Waals surface area contributed by atoms with Crippen molar-refractivity contribution in [3.63, 3.8) is 0 Å². The SMILES string of the molecule is CC(C)OCc1ccc(CNC(=O)C2(c3ccc(F)cc3)CCC2)cc1. The fourth-order valence-corrected chi connectivity index (χ4v) is 3.31. The van der Waals surface area contributed by atoms with E-state index in [4.69, 9.17) is 4.74 Å². The summed E-state index contributed by atoms with van der Waals surface area (Å²) < 4.78 is 18.8. The van der Waals surface area contributed by atoms with Crippen LogP contribution in [-0.4, -0.2) is 12.0 Å². The quantitative estimate of drug-likeness (QED) is 0.795. The first kappa shape index (κ1) is 18.6. The van der Waals surface area contributed by atoms with Crippen molar-refractivity contribution in [3.8, 4) is 0 Å². The molecule has 0 bridgehead atoms. The lowest BCUT2D eigenvalue weighted by Gasteiger charge is -2.40. The number of ether oxygens (including phenoxy) is 1. The molecule has 2 aromatic carbocycles. The Bertz CT molecular complexity index is 734. The molecule has 3 nitrogen and oxygen atoms in total. The molecule has 138 valence electrons. The highest BCUT2D eigenvalue weighted by Gasteiger charge is 2.45. The van der Waals surface area contributed by atoms with Crippen LogP contribution in [0.15, 0.2) is 48.5 Å².